The normalized spacial score (nSPS) is 9.44. The average Bonchev–Trinajstić information content (AvgIpc) is 2.03. The first kappa shape index (κ1) is 21.3. The van der Waals surface area contributed by atoms with Crippen molar-refractivity contribution in [2.75, 3.05) is 12.5 Å². The van der Waals surface area contributed by atoms with Gasteiger partial charge in [-0.15, -0.1) is 0 Å². The van der Waals surface area contributed by atoms with Crippen molar-refractivity contribution in [3.63, 3.8) is 0 Å². The number of rotatable bonds is 1. The van der Waals surface area contributed by atoms with Gasteiger partial charge in [0, 0.05) is 10.9 Å². The van der Waals surface area contributed by atoms with Crippen LogP contribution in [0.1, 0.15) is 0 Å². The molecule has 0 saturated heterocycles. The first-order valence-electron chi connectivity index (χ1n) is 3.61. The number of hydrogen-bond acceptors (Lipinski definition) is 0. The monoisotopic (exact) mass is 375 g/mol. The Balaban J connectivity index is -0.000000214. The van der Waals surface area contributed by atoms with E-state index < -0.39 is 21.1 Å². The van der Waals surface area contributed by atoms with E-state index in [4.69, 9.17) is 0 Å². The fraction of sp³-hybridized carbons (Fsp3) is 0.250. The molecule has 0 aliphatic rings. The van der Waals surface area contributed by atoms with Crippen molar-refractivity contribution in [1.29, 1.82) is 0 Å². The Morgan fingerprint density at radius 2 is 1.25 bits per heavy atom. The second-order valence-corrected chi connectivity index (χ2v) is 6.81. The molecule has 0 fully saturated rings. The topological polar surface area (TPSA) is 0 Å². The molecule has 0 N–H and O–H groups in total. The molecule has 1 aromatic carbocycles. The Morgan fingerprint density at radius 1 is 0.938 bits per heavy atom. The summed E-state index contributed by atoms with van der Waals surface area (Å²) >= 11 is -7.10. The standard InChI is InChI=1S/C8H11S.6FH.Sb/c1-9(2)8-6-4-3-5-7-8;;;;;;;/h3-7H,1-2H3;6*1H;/q+1;;;;;;;+4/p-5. The summed E-state index contributed by atoms with van der Waals surface area (Å²) in [6.45, 7) is 0. The summed E-state index contributed by atoms with van der Waals surface area (Å²) in [6.07, 6.45) is 4.46. The average molecular weight is 376 g/mol. The van der Waals surface area contributed by atoms with Gasteiger partial charge < -0.3 is 4.70 Å². The van der Waals surface area contributed by atoms with Crippen LogP contribution in [-0.4, -0.2) is 33.6 Å². The number of hydrogen-bond donors (Lipinski definition) is 0. The maximum atomic E-state index is 9.89. The predicted octanol–water partition coefficient (Wildman–Crippen LogP) is 0.380. The zero-order valence-corrected chi connectivity index (χ0v) is 11.9. The van der Waals surface area contributed by atoms with Crippen LogP contribution in [0.4, 0.5) is 16.0 Å². The van der Waals surface area contributed by atoms with E-state index in [2.05, 4.69) is 42.8 Å². The van der Waals surface area contributed by atoms with Crippen LogP contribution in [0.2, 0.25) is 0 Å². The molecule has 0 aliphatic carbocycles. The summed E-state index contributed by atoms with van der Waals surface area (Å²) in [5.74, 6) is 0. The van der Waals surface area contributed by atoms with E-state index in [0.29, 0.717) is 10.9 Å². The molecule has 97 valence electrons. The first-order valence-corrected chi connectivity index (χ1v) is 9.51. The molecule has 8 heteroatoms. The van der Waals surface area contributed by atoms with Gasteiger partial charge in [-0.1, -0.05) is 18.2 Å². The van der Waals surface area contributed by atoms with Gasteiger partial charge in [-0.25, -0.2) is 0 Å². The van der Waals surface area contributed by atoms with Crippen LogP contribution in [0, 0.1) is 0 Å². The maximum absolute atomic E-state index is 9.89. The summed E-state index contributed by atoms with van der Waals surface area (Å²) < 4.78 is 39.6. The molecule has 1 radical (unpaired) electrons. The second-order valence-electron chi connectivity index (χ2n) is 2.51. The van der Waals surface area contributed by atoms with Gasteiger partial charge in [0.05, 0.1) is 0 Å². The molecule has 1 rings (SSSR count). The Bertz CT molecular complexity index is 244. The van der Waals surface area contributed by atoms with Crippen LogP contribution in [0.3, 0.4) is 0 Å². The van der Waals surface area contributed by atoms with E-state index in [9.17, 15) is 11.3 Å². The first-order chi connectivity index (χ1) is 6.30. The molecule has 0 amide bonds. The molecule has 0 heterocycles. The molecule has 0 spiro atoms. The van der Waals surface area contributed by atoms with E-state index in [1.54, 1.807) is 0 Å². The zero-order chi connectivity index (χ0) is 11.2. The second kappa shape index (κ2) is 10.1. The summed E-state index contributed by atoms with van der Waals surface area (Å²) in [6, 6.07) is 10.6. The molecule has 16 heavy (non-hydrogen) atoms. The zero-order valence-electron chi connectivity index (χ0n) is 8.54. The van der Waals surface area contributed by atoms with Crippen LogP contribution >= 0.6 is 0 Å². The van der Waals surface area contributed by atoms with Crippen molar-refractivity contribution >= 4 is 32.0 Å². The molecule has 0 nitrogen and oxygen atoms in total. The van der Waals surface area contributed by atoms with Gasteiger partial charge in [-0.05, 0) is 12.1 Å². The van der Waals surface area contributed by atoms with Crippen molar-refractivity contribution in [2.45, 2.75) is 4.90 Å². The van der Waals surface area contributed by atoms with Crippen molar-refractivity contribution < 1.29 is 20.7 Å². The van der Waals surface area contributed by atoms with Crippen molar-refractivity contribution in [1.82, 2.24) is 0 Å². The van der Waals surface area contributed by atoms with Crippen LogP contribution in [0.15, 0.2) is 35.2 Å². The number of benzene rings is 1. The molecule has 0 atom stereocenters. The molecular weight excluding hydrogens is 364 g/mol. The van der Waals surface area contributed by atoms with E-state index in [1.165, 1.54) is 4.90 Å². The van der Waals surface area contributed by atoms with Gasteiger partial charge in [-0.3, -0.25) is 4.70 Å². The molecule has 0 saturated carbocycles. The molecule has 0 bridgehead atoms. The Morgan fingerprint density at radius 3 is 1.44 bits per heavy atom. The van der Waals surface area contributed by atoms with Crippen molar-refractivity contribution in [2.24, 2.45) is 0 Å². The Kier molecular flexibility index (Phi) is 13.5. The van der Waals surface area contributed by atoms with Crippen LogP contribution in [0.25, 0.3) is 0 Å². The summed E-state index contributed by atoms with van der Waals surface area (Å²) in [5, 5.41) is 0. The van der Waals surface area contributed by atoms with Crippen molar-refractivity contribution in [3.8, 4) is 0 Å². The van der Waals surface area contributed by atoms with E-state index in [0.717, 1.165) is 0 Å². The van der Waals surface area contributed by atoms with Gasteiger partial charge in [-0.2, -0.15) is 0 Å². The molecular formula is C8H12F6SSb. The molecule has 0 aromatic heterocycles. The predicted molar refractivity (Wildman–Crippen MR) is 56.6 cm³/mol. The van der Waals surface area contributed by atoms with Gasteiger partial charge >= 0.3 is 32.4 Å². The van der Waals surface area contributed by atoms with Gasteiger partial charge in [0.2, 0.25) is 0 Å². The Labute approximate surface area is 100 Å². The minimum atomic E-state index is -7.10. The minimum absolute atomic E-state index is 0. The van der Waals surface area contributed by atoms with Gasteiger partial charge in [0.1, 0.15) is 12.5 Å². The molecule has 0 aliphatic heterocycles. The molecule has 1 aromatic rings. The van der Waals surface area contributed by atoms with E-state index in [1.807, 2.05) is 0 Å². The third-order valence-corrected chi connectivity index (χ3v) is 2.43. The van der Waals surface area contributed by atoms with Crippen LogP contribution < -0.4 is 4.70 Å². The summed E-state index contributed by atoms with van der Waals surface area (Å²) in [5.41, 5.74) is 0. The fourth-order valence-corrected chi connectivity index (χ4v) is 1.39. The third kappa shape index (κ3) is 16.4. The van der Waals surface area contributed by atoms with Gasteiger partial charge in [0.25, 0.3) is 0 Å². The molecule has 0 unspecified atom stereocenters. The van der Waals surface area contributed by atoms with Crippen LogP contribution in [-0.2, 0) is 10.9 Å². The summed E-state index contributed by atoms with van der Waals surface area (Å²) in [7, 11) is 0.421. The number of halogens is 6. The Hall–Kier alpha value is -0.0318. The van der Waals surface area contributed by atoms with Crippen molar-refractivity contribution in [3.05, 3.63) is 30.3 Å². The third-order valence-electron chi connectivity index (χ3n) is 1.21. The quantitative estimate of drug-likeness (QED) is 0.378. The SMILES string of the molecule is C[S+](C)c1ccccc1.F.[F-].[F][Sb]([F])([F])[F]. The van der Waals surface area contributed by atoms with E-state index in [-0.39, 0.29) is 9.41 Å². The van der Waals surface area contributed by atoms with Crippen LogP contribution in [0.5, 0.6) is 0 Å². The van der Waals surface area contributed by atoms with Gasteiger partial charge in [0.15, 0.2) is 4.90 Å². The fourth-order valence-electron chi connectivity index (χ4n) is 0.693. The summed E-state index contributed by atoms with van der Waals surface area (Å²) in [4.78, 5) is 1.44. The van der Waals surface area contributed by atoms with E-state index >= 15 is 0 Å².